The molecule has 2 unspecified atom stereocenters. The van der Waals surface area contributed by atoms with E-state index in [-0.39, 0.29) is 11.3 Å². The predicted molar refractivity (Wildman–Crippen MR) is 156 cm³/mol. The van der Waals surface area contributed by atoms with Crippen molar-refractivity contribution < 1.29 is 0 Å². The minimum Gasteiger partial charge on any atom is -0.0616 e. The maximum atomic E-state index is 2.39. The maximum absolute atomic E-state index is 2.39. The normalized spacial score (nSPS) is 13.5. The van der Waals surface area contributed by atoms with Crippen molar-refractivity contribution in [3.63, 3.8) is 0 Å². The van der Waals surface area contributed by atoms with Gasteiger partial charge in [-0.25, -0.2) is 0 Å². The van der Waals surface area contributed by atoms with E-state index in [0.29, 0.717) is 5.92 Å². The van der Waals surface area contributed by atoms with E-state index in [1.54, 1.807) is 0 Å². The van der Waals surface area contributed by atoms with Crippen molar-refractivity contribution >= 4 is 10.8 Å². The molecule has 36 heavy (non-hydrogen) atoms. The van der Waals surface area contributed by atoms with E-state index in [0.717, 1.165) is 0 Å². The lowest BCUT2D eigenvalue weighted by atomic mass is 9.75. The third kappa shape index (κ3) is 4.86. The van der Waals surface area contributed by atoms with Gasteiger partial charge in [0.05, 0.1) is 0 Å². The Kier molecular flexibility index (Phi) is 6.54. The van der Waals surface area contributed by atoms with E-state index < -0.39 is 0 Å². The zero-order chi connectivity index (χ0) is 25.3. The molecular weight excluding hydrogens is 432 g/mol. The zero-order valence-corrected chi connectivity index (χ0v) is 22.1. The number of aryl methyl sites for hydroxylation is 1. The van der Waals surface area contributed by atoms with E-state index in [1.807, 2.05) is 0 Å². The van der Waals surface area contributed by atoms with Crippen LogP contribution in [0.3, 0.4) is 0 Å². The molecule has 0 N–H and O–H groups in total. The molecule has 0 fully saturated rings. The quantitative estimate of drug-likeness (QED) is 0.241. The minimum absolute atomic E-state index is 0.140. The van der Waals surface area contributed by atoms with Crippen LogP contribution in [-0.2, 0) is 5.41 Å². The Bertz CT molecular complexity index is 1480. The highest BCUT2D eigenvalue weighted by Gasteiger charge is 2.25. The van der Waals surface area contributed by atoms with Gasteiger partial charge in [-0.05, 0) is 62.4 Å². The van der Waals surface area contributed by atoms with E-state index in [4.69, 9.17) is 0 Å². The molecule has 0 amide bonds. The fourth-order valence-corrected chi connectivity index (χ4v) is 5.47. The summed E-state index contributed by atoms with van der Waals surface area (Å²) in [6.07, 6.45) is 0. The number of hydrogen-bond acceptors (Lipinski definition) is 0. The topological polar surface area (TPSA) is 0 Å². The summed E-state index contributed by atoms with van der Waals surface area (Å²) in [6, 6.07) is 42.8. The largest absolute Gasteiger partial charge is 0.0616 e. The van der Waals surface area contributed by atoms with Gasteiger partial charge < -0.3 is 0 Å². The number of rotatable bonds is 5. The molecular formula is C36H36. The van der Waals surface area contributed by atoms with Gasteiger partial charge in [0.1, 0.15) is 0 Å². The molecule has 0 saturated heterocycles. The monoisotopic (exact) mass is 468 g/mol. The fraction of sp³-hybridized carbons (Fsp3) is 0.222. The molecule has 0 aliphatic rings. The van der Waals surface area contributed by atoms with Gasteiger partial charge in [0.15, 0.2) is 0 Å². The highest BCUT2D eigenvalue weighted by molar-refractivity contribution is 5.86. The van der Waals surface area contributed by atoms with E-state index in [2.05, 4.69) is 150 Å². The molecule has 0 nitrogen and oxygen atoms in total. The lowest BCUT2D eigenvalue weighted by Crippen LogP contribution is -2.13. The molecule has 180 valence electrons. The van der Waals surface area contributed by atoms with Gasteiger partial charge in [-0.2, -0.15) is 0 Å². The molecule has 2 atom stereocenters. The number of hydrogen-bond donors (Lipinski definition) is 0. The molecule has 0 saturated carbocycles. The van der Waals surface area contributed by atoms with Crippen LogP contribution in [0.2, 0.25) is 0 Å². The van der Waals surface area contributed by atoms with Crippen LogP contribution in [0.1, 0.15) is 67.3 Å². The SMILES string of the molecule is Cc1cccc(-c2cccc(C(C)C(c3ccc(C(C)(C)C)cc3)c3cccc4ccccc34)c2)c1. The van der Waals surface area contributed by atoms with Crippen LogP contribution in [0.15, 0.2) is 115 Å². The highest BCUT2D eigenvalue weighted by Crippen LogP contribution is 2.42. The molecule has 0 heteroatoms. The Labute approximate surface area is 216 Å². The summed E-state index contributed by atoms with van der Waals surface area (Å²) < 4.78 is 0. The van der Waals surface area contributed by atoms with Gasteiger partial charge in [0.25, 0.3) is 0 Å². The van der Waals surface area contributed by atoms with Crippen molar-refractivity contribution in [2.45, 2.75) is 51.9 Å². The van der Waals surface area contributed by atoms with Crippen molar-refractivity contribution in [3.05, 3.63) is 143 Å². The van der Waals surface area contributed by atoms with Crippen LogP contribution >= 0.6 is 0 Å². The second kappa shape index (κ2) is 9.78. The Morgan fingerprint density at radius 1 is 0.583 bits per heavy atom. The summed E-state index contributed by atoms with van der Waals surface area (Å²) in [5, 5.41) is 2.64. The van der Waals surface area contributed by atoms with Crippen molar-refractivity contribution in [1.82, 2.24) is 0 Å². The van der Waals surface area contributed by atoms with Gasteiger partial charge >= 0.3 is 0 Å². The summed E-state index contributed by atoms with van der Waals surface area (Å²) in [5.74, 6) is 0.555. The summed E-state index contributed by atoms with van der Waals surface area (Å²) in [5.41, 5.74) is 9.49. The first kappa shape index (κ1) is 24.1. The zero-order valence-electron chi connectivity index (χ0n) is 22.1. The molecule has 0 spiro atoms. The van der Waals surface area contributed by atoms with Gasteiger partial charge in [0, 0.05) is 5.92 Å². The van der Waals surface area contributed by atoms with E-state index in [9.17, 15) is 0 Å². The molecule has 5 aromatic rings. The van der Waals surface area contributed by atoms with Gasteiger partial charge in [-0.15, -0.1) is 0 Å². The van der Waals surface area contributed by atoms with Crippen LogP contribution < -0.4 is 0 Å². The van der Waals surface area contributed by atoms with Crippen LogP contribution in [0.5, 0.6) is 0 Å². The Morgan fingerprint density at radius 3 is 1.94 bits per heavy atom. The third-order valence-corrected chi connectivity index (χ3v) is 7.56. The minimum atomic E-state index is 0.140. The summed E-state index contributed by atoms with van der Waals surface area (Å²) >= 11 is 0. The fourth-order valence-electron chi connectivity index (χ4n) is 5.47. The average molecular weight is 469 g/mol. The summed E-state index contributed by atoms with van der Waals surface area (Å²) in [6.45, 7) is 11.4. The van der Waals surface area contributed by atoms with Crippen LogP contribution in [0, 0.1) is 6.92 Å². The van der Waals surface area contributed by atoms with Crippen LogP contribution in [-0.4, -0.2) is 0 Å². The summed E-state index contributed by atoms with van der Waals surface area (Å²) in [4.78, 5) is 0. The van der Waals surface area contributed by atoms with Crippen molar-refractivity contribution in [2.24, 2.45) is 0 Å². The van der Waals surface area contributed by atoms with Crippen LogP contribution in [0.4, 0.5) is 0 Å². The molecule has 0 radical (unpaired) electrons. The van der Waals surface area contributed by atoms with Gasteiger partial charge in [-0.1, -0.05) is 149 Å². The second-order valence-corrected chi connectivity index (χ2v) is 11.2. The standard InChI is InChI=1S/C36H36/c1-25-11-8-15-30(23-25)31-16-9-14-29(24-31)26(2)35(28-19-21-32(22-20-28)36(3,4)5)34-18-10-13-27-12-6-7-17-33(27)34/h6-24,26,35H,1-5H3. The lowest BCUT2D eigenvalue weighted by Gasteiger charge is -2.28. The summed E-state index contributed by atoms with van der Waals surface area (Å²) in [7, 11) is 0. The Hall–Kier alpha value is -3.64. The van der Waals surface area contributed by atoms with Crippen LogP contribution in [0.25, 0.3) is 21.9 Å². The molecule has 0 aliphatic heterocycles. The van der Waals surface area contributed by atoms with Crippen molar-refractivity contribution in [1.29, 1.82) is 0 Å². The first-order valence-corrected chi connectivity index (χ1v) is 13.1. The van der Waals surface area contributed by atoms with Gasteiger partial charge in [-0.3, -0.25) is 0 Å². The number of benzene rings is 5. The van der Waals surface area contributed by atoms with Gasteiger partial charge in [0.2, 0.25) is 0 Å². The van der Waals surface area contributed by atoms with Crippen molar-refractivity contribution in [2.75, 3.05) is 0 Å². The molecule has 5 rings (SSSR count). The molecule has 0 aliphatic carbocycles. The molecule has 0 heterocycles. The average Bonchev–Trinajstić information content (AvgIpc) is 2.89. The van der Waals surface area contributed by atoms with E-state index in [1.165, 1.54) is 49.7 Å². The maximum Gasteiger partial charge on any atom is 0.0161 e. The third-order valence-electron chi connectivity index (χ3n) is 7.56. The second-order valence-electron chi connectivity index (χ2n) is 11.2. The van der Waals surface area contributed by atoms with Crippen molar-refractivity contribution in [3.8, 4) is 11.1 Å². The molecule has 5 aromatic carbocycles. The Morgan fingerprint density at radius 2 is 1.22 bits per heavy atom. The molecule has 0 bridgehead atoms. The smallest absolute Gasteiger partial charge is 0.0161 e. The predicted octanol–water partition coefficient (Wildman–Crippen LogP) is 10.0. The number of fused-ring (bicyclic) bond motifs is 1. The lowest BCUT2D eigenvalue weighted by molar-refractivity contribution is 0.588. The Balaban J connectivity index is 1.64. The first-order valence-electron chi connectivity index (χ1n) is 13.1. The highest BCUT2D eigenvalue weighted by atomic mass is 14.3. The molecule has 0 aromatic heterocycles. The first-order chi connectivity index (χ1) is 17.3. The van der Waals surface area contributed by atoms with E-state index >= 15 is 0 Å².